The van der Waals surface area contributed by atoms with Gasteiger partial charge in [0.1, 0.15) is 5.88 Å². The monoisotopic (exact) mass is 143 g/mol. The summed E-state index contributed by atoms with van der Waals surface area (Å²) in [6, 6.07) is -0.101. The second kappa shape index (κ2) is 2.77. The lowest BCUT2D eigenvalue weighted by Gasteiger charge is -2.09. The van der Waals surface area contributed by atoms with Crippen molar-refractivity contribution in [2.75, 3.05) is 7.05 Å². The van der Waals surface area contributed by atoms with E-state index < -0.39 is 0 Å². The van der Waals surface area contributed by atoms with Gasteiger partial charge in [0.15, 0.2) is 0 Å². The zero-order valence-corrected chi connectivity index (χ0v) is 5.81. The van der Waals surface area contributed by atoms with E-state index in [0.29, 0.717) is 0 Å². The molecule has 0 aromatic carbocycles. The van der Waals surface area contributed by atoms with E-state index in [1.807, 2.05) is 5.41 Å². The molecule has 0 aliphatic carbocycles. The summed E-state index contributed by atoms with van der Waals surface area (Å²) in [4.78, 5) is 12.2. The molecule has 1 aliphatic rings. The van der Waals surface area contributed by atoms with E-state index in [4.69, 9.17) is 0 Å². The van der Waals surface area contributed by atoms with Crippen molar-refractivity contribution in [2.24, 2.45) is 0 Å². The van der Waals surface area contributed by atoms with Gasteiger partial charge in [-0.1, -0.05) is 0 Å². The van der Waals surface area contributed by atoms with E-state index in [2.05, 4.69) is 5.32 Å². The van der Waals surface area contributed by atoms with Crippen LogP contribution in [0, 0.1) is 5.88 Å². The number of thioether (sulfide) groups is 1. The number of hydrogen-bond acceptors (Lipinski definition) is 2. The number of nitrogens with zero attached hydrogens (tertiary/aromatic N) is 1. The van der Waals surface area contributed by atoms with Crippen LogP contribution in [0.15, 0.2) is 11.6 Å². The van der Waals surface area contributed by atoms with Crippen LogP contribution in [0.1, 0.15) is 0 Å². The van der Waals surface area contributed by atoms with E-state index in [-0.39, 0.29) is 6.03 Å². The molecule has 1 aliphatic heterocycles. The van der Waals surface area contributed by atoms with Crippen LogP contribution in [0.4, 0.5) is 4.79 Å². The van der Waals surface area contributed by atoms with Crippen molar-refractivity contribution in [3.05, 3.63) is 17.5 Å². The number of carbonyl (C=O) groups excluding carboxylic acids is 1. The van der Waals surface area contributed by atoms with Gasteiger partial charge in [0.2, 0.25) is 0 Å². The molecular weight excluding hydrogens is 136 g/mol. The van der Waals surface area contributed by atoms with Crippen LogP contribution in [-0.2, 0) is 0 Å². The van der Waals surface area contributed by atoms with Crippen LogP contribution in [0.3, 0.4) is 0 Å². The molecule has 0 saturated carbocycles. The van der Waals surface area contributed by atoms with Crippen LogP contribution in [0.25, 0.3) is 0 Å². The normalized spacial score (nSPS) is 16.3. The average Bonchev–Trinajstić information content (AvgIpc) is 2.37. The van der Waals surface area contributed by atoms with E-state index in [0.717, 1.165) is 0 Å². The smallest absolute Gasteiger partial charge is 0.322 e. The van der Waals surface area contributed by atoms with Crippen molar-refractivity contribution in [3.63, 3.8) is 0 Å². The standard InChI is InChI=1S/C5H7N2OS/c1-6-5(8)7-2-3-9-4-7/h2-4H,1H3,(H,6,8). The SMILES string of the molecule is CNC(=O)N1[CH]SC=C1. The number of nitrogens with one attached hydrogen (secondary N) is 1. The Balaban J connectivity index is 2.43. The number of urea groups is 1. The molecule has 0 bridgehead atoms. The van der Waals surface area contributed by atoms with Gasteiger partial charge in [-0.15, -0.1) is 11.8 Å². The molecule has 0 fully saturated rings. The fraction of sp³-hybridized carbons (Fsp3) is 0.200. The molecule has 1 heterocycles. The van der Waals surface area contributed by atoms with Crippen LogP contribution >= 0.6 is 11.8 Å². The van der Waals surface area contributed by atoms with Crippen molar-refractivity contribution in [1.29, 1.82) is 0 Å². The van der Waals surface area contributed by atoms with E-state index in [1.165, 1.54) is 16.7 Å². The summed E-state index contributed by atoms with van der Waals surface area (Å²) < 4.78 is 0. The largest absolute Gasteiger partial charge is 0.341 e. The third-order valence-electron chi connectivity index (χ3n) is 0.923. The predicted octanol–water partition coefficient (Wildman–Crippen LogP) is 0.965. The average molecular weight is 143 g/mol. The zero-order valence-electron chi connectivity index (χ0n) is 5.00. The number of carbonyl (C=O) groups is 1. The summed E-state index contributed by atoms with van der Waals surface area (Å²) in [5.41, 5.74) is 0. The van der Waals surface area contributed by atoms with E-state index in [9.17, 15) is 4.79 Å². The third kappa shape index (κ3) is 1.38. The molecule has 0 atom stereocenters. The van der Waals surface area contributed by atoms with E-state index in [1.54, 1.807) is 19.1 Å². The second-order valence-corrected chi connectivity index (χ2v) is 2.24. The first-order valence-corrected chi connectivity index (χ1v) is 3.44. The summed E-state index contributed by atoms with van der Waals surface area (Å²) in [5.74, 6) is 1.73. The quantitative estimate of drug-likeness (QED) is 0.548. The molecule has 0 unspecified atom stereocenters. The molecule has 1 N–H and O–H groups in total. The molecule has 0 aromatic rings. The molecular formula is C5H7N2OS. The van der Waals surface area contributed by atoms with Gasteiger partial charge in [0.25, 0.3) is 0 Å². The van der Waals surface area contributed by atoms with Gasteiger partial charge >= 0.3 is 6.03 Å². The zero-order chi connectivity index (χ0) is 6.69. The maximum atomic E-state index is 10.7. The van der Waals surface area contributed by atoms with E-state index >= 15 is 0 Å². The first-order chi connectivity index (χ1) is 4.34. The highest BCUT2D eigenvalue weighted by Gasteiger charge is 2.11. The summed E-state index contributed by atoms with van der Waals surface area (Å²) in [6.07, 6.45) is 1.71. The minimum Gasteiger partial charge on any atom is -0.341 e. The Bertz CT molecular complexity index is 146. The summed E-state index contributed by atoms with van der Waals surface area (Å²) in [7, 11) is 1.60. The molecule has 9 heavy (non-hydrogen) atoms. The van der Waals surface area contributed by atoms with Crippen LogP contribution in [0.5, 0.6) is 0 Å². The van der Waals surface area contributed by atoms with Crippen LogP contribution < -0.4 is 5.32 Å². The van der Waals surface area contributed by atoms with Crippen LogP contribution in [-0.4, -0.2) is 18.0 Å². The second-order valence-electron chi connectivity index (χ2n) is 1.49. The minimum absolute atomic E-state index is 0.101. The Hall–Kier alpha value is -0.640. The third-order valence-corrected chi connectivity index (χ3v) is 1.55. The van der Waals surface area contributed by atoms with Gasteiger partial charge < -0.3 is 5.32 Å². The molecule has 49 valence electrons. The molecule has 0 aromatic heterocycles. The summed E-state index contributed by atoms with van der Waals surface area (Å²) >= 11 is 1.49. The van der Waals surface area contributed by atoms with Crippen molar-refractivity contribution in [2.45, 2.75) is 0 Å². The Kier molecular flexibility index (Phi) is 2.00. The fourth-order valence-corrected chi connectivity index (χ4v) is 1.05. The molecule has 0 saturated heterocycles. The molecule has 1 radical (unpaired) electrons. The maximum Gasteiger partial charge on any atom is 0.322 e. The highest BCUT2D eigenvalue weighted by atomic mass is 32.2. The highest BCUT2D eigenvalue weighted by molar-refractivity contribution is 8.04. The first kappa shape index (κ1) is 6.48. The van der Waals surface area contributed by atoms with Gasteiger partial charge in [-0.25, -0.2) is 4.79 Å². The number of rotatable bonds is 0. The summed E-state index contributed by atoms with van der Waals surface area (Å²) in [6.45, 7) is 0. The number of hydrogen-bond donors (Lipinski definition) is 1. The summed E-state index contributed by atoms with van der Waals surface area (Å²) in [5, 5.41) is 4.34. The lowest BCUT2D eigenvalue weighted by Crippen LogP contribution is -2.29. The van der Waals surface area contributed by atoms with Gasteiger partial charge in [0.05, 0.1) is 0 Å². The van der Waals surface area contributed by atoms with Crippen molar-refractivity contribution in [1.82, 2.24) is 10.2 Å². The van der Waals surface area contributed by atoms with Gasteiger partial charge in [0, 0.05) is 13.2 Å². The Morgan fingerprint density at radius 1 is 1.78 bits per heavy atom. The molecule has 4 heteroatoms. The Morgan fingerprint density at radius 2 is 2.56 bits per heavy atom. The predicted molar refractivity (Wildman–Crippen MR) is 37.3 cm³/mol. The fourth-order valence-electron chi connectivity index (χ4n) is 0.481. The van der Waals surface area contributed by atoms with Crippen LogP contribution in [0.2, 0.25) is 0 Å². The molecule has 2 amide bonds. The highest BCUT2D eigenvalue weighted by Crippen LogP contribution is 2.19. The van der Waals surface area contributed by atoms with Crippen molar-refractivity contribution >= 4 is 17.8 Å². The van der Waals surface area contributed by atoms with Crippen molar-refractivity contribution < 1.29 is 4.79 Å². The van der Waals surface area contributed by atoms with Gasteiger partial charge in [-0.05, 0) is 5.41 Å². The Labute approximate surface area is 58.1 Å². The maximum absolute atomic E-state index is 10.7. The lowest BCUT2D eigenvalue weighted by atomic mass is 10.7. The topological polar surface area (TPSA) is 32.3 Å². The van der Waals surface area contributed by atoms with Gasteiger partial charge in [-0.2, -0.15) is 0 Å². The lowest BCUT2D eigenvalue weighted by molar-refractivity contribution is 0.227. The molecule has 0 spiro atoms. The van der Waals surface area contributed by atoms with Crippen molar-refractivity contribution in [3.8, 4) is 0 Å². The molecule has 1 rings (SSSR count). The minimum atomic E-state index is -0.101. The first-order valence-electron chi connectivity index (χ1n) is 2.50. The molecule has 3 nitrogen and oxygen atoms in total. The van der Waals surface area contributed by atoms with Gasteiger partial charge in [-0.3, -0.25) is 4.90 Å². The Morgan fingerprint density at radius 3 is 3.00 bits per heavy atom. The number of amides is 2.